The first kappa shape index (κ1) is 15.6. The van der Waals surface area contributed by atoms with Gasteiger partial charge in [-0.05, 0) is 25.8 Å². The number of hydrogen-bond donors (Lipinski definition) is 2. The second-order valence-electron chi connectivity index (χ2n) is 6.49. The standard InChI is InChI=1S/C16H27N5O/c1-2-14-10-15(19-13-18-14)21-8-6-20(7-9-21)12-16(22)4-3-5-17-11-16/h10,13,17,22H,2-9,11-12H2,1H3/t16-/m0/s1. The molecule has 0 unspecified atom stereocenters. The molecule has 0 aliphatic carbocycles. The molecule has 2 N–H and O–H groups in total. The van der Waals surface area contributed by atoms with Gasteiger partial charge in [0.15, 0.2) is 0 Å². The average molecular weight is 305 g/mol. The van der Waals surface area contributed by atoms with Crippen molar-refractivity contribution in [3.05, 3.63) is 18.1 Å². The lowest BCUT2D eigenvalue weighted by molar-refractivity contribution is -0.0164. The monoisotopic (exact) mass is 305 g/mol. The zero-order valence-electron chi connectivity index (χ0n) is 13.5. The minimum Gasteiger partial charge on any atom is -0.387 e. The van der Waals surface area contributed by atoms with Crippen LogP contribution < -0.4 is 10.2 Å². The minimum atomic E-state index is -0.551. The summed E-state index contributed by atoms with van der Waals surface area (Å²) in [5.74, 6) is 1.03. The van der Waals surface area contributed by atoms with Crippen LogP contribution in [0.1, 0.15) is 25.5 Å². The Morgan fingerprint density at radius 1 is 1.27 bits per heavy atom. The van der Waals surface area contributed by atoms with Crippen LogP contribution in [0.25, 0.3) is 0 Å². The lowest BCUT2D eigenvalue weighted by atomic mass is 9.93. The summed E-state index contributed by atoms with van der Waals surface area (Å²) in [6.45, 7) is 8.53. The second-order valence-corrected chi connectivity index (χ2v) is 6.49. The Morgan fingerprint density at radius 2 is 2.09 bits per heavy atom. The molecule has 1 aromatic heterocycles. The second kappa shape index (κ2) is 6.89. The largest absolute Gasteiger partial charge is 0.387 e. The molecule has 2 saturated heterocycles. The maximum absolute atomic E-state index is 10.6. The normalized spacial score (nSPS) is 27.1. The molecule has 0 spiro atoms. The van der Waals surface area contributed by atoms with Gasteiger partial charge in [-0.15, -0.1) is 0 Å². The molecule has 3 heterocycles. The van der Waals surface area contributed by atoms with Gasteiger partial charge in [0.05, 0.1) is 5.60 Å². The molecule has 2 aliphatic heterocycles. The van der Waals surface area contributed by atoms with Crippen molar-refractivity contribution in [2.45, 2.75) is 31.8 Å². The molecule has 0 bridgehead atoms. The van der Waals surface area contributed by atoms with Gasteiger partial charge < -0.3 is 15.3 Å². The van der Waals surface area contributed by atoms with Crippen LogP contribution in [0.4, 0.5) is 5.82 Å². The van der Waals surface area contributed by atoms with E-state index in [2.05, 4.69) is 38.1 Å². The van der Waals surface area contributed by atoms with E-state index in [9.17, 15) is 5.11 Å². The highest BCUT2D eigenvalue weighted by molar-refractivity contribution is 5.39. The highest BCUT2D eigenvalue weighted by atomic mass is 16.3. The molecular weight excluding hydrogens is 278 g/mol. The summed E-state index contributed by atoms with van der Waals surface area (Å²) in [6.07, 6.45) is 4.58. The maximum atomic E-state index is 10.6. The molecule has 122 valence electrons. The summed E-state index contributed by atoms with van der Waals surface area (Å²) < 4.78 is 0. The fourth-order valence-corrected chi connectivity index (χ4v) is 3.39. The van der Waals surface area contributed by atoms with Crippen molar-refractivity contribution in [2.75, 3.05) is 50.7 Å². The summed E-state index contributed by atoms with van der Waals surface area (Å²) in [5, 5.41) is 13.9. The number of aromatic nitrogens is 2. The lowest BCUT2D eigenvalue weighted by Gasteiger charge is -2.41. The zero-order valence-corrected chi connectivity index (χ0v) is 13.5. The summed E-state index contributed by atoms with van der Waals surface area (Å²) >= 11 is 0. The fourth-order valence-electron chi connectivity index (χ4n) is 3.39. The topological polar surface area (TPSA) is 64.5 Å². The van der Waals surface area contributed by atoms with E-state index in [0.29, 0.717) is 0 Å². The van der Waals surface area contributed by atoms with Crippen molar-refractivity contribution in [1.82, 2.24) is 20.2 Å². The van der Waals surface area contributed by atoms with E-state index in [0.717, 1.165) is 76.6 Å². The molecule has 2 aliphatic rings. The first-order chi connectivity index (χ1) is 10.7. The number of β-amino-alcohol motifs (C(OH)–C–C–N with tert-alkyl or cyclic N) is 1. The van der Waals surface area contributed by atoms with E-state index >= 15 is 0 Å². The third-order valence-electron chi connectivity index (χ3n) is 4.74. The van der Waals surface area contributed by atoms with Crippen molar-refractivity contribution in [2.24, 2.45) is 0 Å². The lowest BCUT2D eigenvalue weighted by Crippen LogP contribution is -2.56. The number of aliphatic hydroxyl groups is 1. The highest BCUT2D eigenvalue weighted by Crippen LogP contribution is 2.20. The van der Waals surface area contributed by atoms with Gasteiger partial charge in [-0.1, -0.05) is 6.92 Å². The minimum absolute atomic E-state index is 0.551. The quantitative estimate of drug-likeness (QED) is 0.833. The van der Waals surface area contributed by atoms with Crippen LogP contribution >= 0.6 is 0 Å². The SMILES string of the molecule is CCc1cc(N2CCN(C[C@]3(O)CCCNC3)CC2)ncn1. The van der Waals surface area contributed by atoms with Crippen molar-refractivity contribution >= 4 is 5.82 Å². The molecule has 0 saturated carbocycles. The van der Waals surface area contributed by atoms with E-state index in [4.69, 9.17) is 0 Å². The fraction of sp³-hybridized carbons (Fsp3) is 0.750. The summed E-state index contributed by atoms with van der Waals surface area (Å²) in [5.41, 5.74) is 0.542. The summed E-state index contributed by atoms with van der Waals surface area (Å²) in [4.78, 5) is 13.4. The molecule has 0 amide bonds. The molecule has 0 radical (unpaired) electrons. The Balaban J connectivity index is 1.53. The van der Waals surface area contributed by atoms with E-state index in [1.54, 1.807) is 6.33 Å². The van der Waals surface area contributed by atoms with E-state index in [1.807, 2.05) is 0 Å². The highest BCUT2D eigenvalue weighted by Gasteiger charge is 2.32. The van der Waals surface area contributed by atoms with Crippen LogP contribution in [-0.2, 0) is 6.42 Å². The van der Waals surface area contributed by atoms with Gasteiger partial charge in [0.25, 0.3) is 0 Å². The number of hydrogen-bond acceptors (Lipinski definition) is 6. The number of nitrogens with zero attached hydrogens (tertiary/aromatic N) is 4. The summed E-state index contributed by atoms with van der Waals surface area (Å²) in [6, 6.07) is 2.09. The van der Waals surface area contributed by atoms with Crippen LogP contribution in [0.3, 0.4) is 0 Å². The molecular formula is C16H27N5O. The number of piperazine rings is 1. The van der Waals surface area contributed by atoms with Crippen molar-refractivity contribution in [3.63, 3.8) is 0 Å². The van der Waals surface area contributed by atoms with Gasteiger partial charge in [0, 0.05) is 51.0 Å². The van der Waals surface area contributed by atoms with E-state index < -0.39 is 5.60 Å². The molecule has 1 aromatic rings. The Hall–Kier alpha value is -1.24. The Labute approximate surface area is 132 Å². The maximum Gasteiger partial charge on any atom is 0.132 e. The van der Waals surface area contributed by atoms with Crippen LogP contribution in [0.15, 0.2) is 12.4 Å². The smallest absolute Gasteiger partial charge is 0.132 e. The first-order valence-electron chi connectivity index (χ1n) is 8.40. The first-order valence-corrected chi connectivity index (χ1v) is 8.40. The van der Waals surface area contributed by atoms with Crippen molar-refractivity contribution in [3.8, 4) is 0 Å². The molecule has 2 fully saturated rings. The van der Waals surface area contributed by atoms with Gasteiger partial charge in [0.1, 0.15) is 12.1 Å². The molecule has 6 heteroatoms. The van der Waals surface area contributed by atoms with Gasteiger partial charge in [-0.25, -0.2) is 9.97 Å². The number of nitrogens with one attached hydrogen (secondary N) is 1. The van der Waals surface area contributed by atoms with Crippen LogP contribution in [0.2, 0.25) is 0 Å². The Bertz CT molecular complexity index is 481. The van der Waals surface area contributed by atoms with E-state index in [1.165, 1.54) is 0 Å². The number of rotatable bonds is 4. The average Bonchev–Trinajstić information content (AvgIpc) is 2.56. The van der Waals surface area contributed by atoms with Gasteiger partial charge in [0.2, 0.25) is 0 Å². The third kappa shape index (κ3) is 3.74. The molecule has 3 rings (SSSR count). The third-order valence-corrected chi connectivity index (χ3v) is 4.74. The van der Waals surface area contributed by atoms with Crippen molar-refractivity contribution in [1.29, 1.82) is 0 Å². The van der Waals surface area contributed by atoms with Crippen LogP contribution in [-0.4, -0.2) is 71.4 Å². The number of anilines is 1. The predicted octanol–water partition coefficient (Wildman–Crippen LogP) is 0.276. The molecule has 0 aromatic carbocycles. The molecule has 1 atom stereocenters. The Kier molecular flexibility index (Phi) is 4.90. The predicted molar refractivity (Wildman–Crippen MR) is 87.1 cm³/mol. The van der Waals surface area contributed by atoms with Gasteiger partial charge >= 0.3 is 0 Å². The van der Waals surface area contributed by atoms with E-state index in [-0.39, 0.29) is 0 Å². The number of aryl methyl sites for hydroxylation is 1. The van der Waals surface area contributed by atoms with Crippen LogP contribution in [0.5, 0.6) is 0 Å². The van der Waals surface area contributed by atoms with Gasteiger partial charge in [-0.2, -0.15) is 0 Å². The zero-order chi connectivity index (χ0) is 15.4. The number of piperidine rings is 1. The molecule has 22 heavy (non-hydrogen) atoms. The van der Waals surface area contributed by atoms with Crippen LogP contribution in [0, 0.1) is 0 Å². The summed E-state index contributed by atoms with van der Waals surface area (Å²) in [7, 11) is 0. The van der Waals surface area contributed by atoms with Crippen molar-refractivity contribution < 1.29 is 5.11 Å². The Morgan fingerprint density at radius 3 is 2.77 bits per heavy atom. The van der Waals surface area contributed by atoms with Gasteiger partial charge in [-0.3, -0.25) is 4.90 Å². The molecule has 6 nitrogen and oxygen atoms in total.